The molecule has 0 aliphatic rings. The van der Waals surface area contributed by atoms with E-state index in [1.165, 1.54) is 18.2 Å². The van der Waals surface area contributed by atoms with Crippen LogP contribution in [0.1, 0.15) is 47.4 Å². The summed E-state index contributed by atoms with van der Waals surface area (Å²) in [7, 11) is 0. The zero-order valence-corrected chi connectivity index (χ0v) is 11.4. The van der Waals surface area contributed by atoms with Crippen molar-refractivity contribution in [2.45, 2.75) is 26.7 Å². The molecule has 0 bridgehead atoms. The van der Waals surface area contributed by atoms with Gasteiger partial charge in [-0.15, -0.1) is 0 Å². The van der Waals surface area contributed by atoms with E-state index in [0.29, 0.717) is 6.42 Å². The van der Waals surface area contributed by atoms with Gasteiger partial charge in [-0.2, -0.15) is 0 Å². The molecule has 1 aromatic carbocycles. The highest BCUT2D eigenvalue weighted by atomic mass is 16.5. The average molecular weight is 279 g/mol. The minimum absolute atomic E-state index is 0.0696. The first-order valence-corrected chi connectivity index (χ1v) is 6.34. The van der Waals surface area contributed by atoms with Crippen LogP contribution in [-0.2, 0) is 9.53 Å². The van der Waals surface area contributed by atoms with Gasteiger partial charge in [0, 0.05) is 6.42 Å². The molecule has 6 nitrogen and oxygen atoms in total. The number of carboxylic acid groups (broad SMARTS) is 1. The molecule has 0 fully saturated rings. The van der Waals surface area contributed by atoms with Crippen LogP contribution >= 0.6 is 0 Å². The van der Waals surface area contributed by atoms with Crippen LogP contribution in [0.15, 0.2) is 18.2 Å². The number of ether oxygens (including phenoxy) is 1. The first kappa shape index (κ1) is 15.7. The number of aromatic carboxylic acids is 1. The third-order valence-electron chi connectivity index (χ3n) is 2.53. The van der Waals surface area contributed by atoms with Crippen molar-refractivity contribution in [1.29, 1.82) is 0 Å². The Balaban J connectivity index is 3.17. The van der Waals surface area contributed by atoms with Gasteiger partial charge in [-0.25, -0.2) is 9.59 Å². The summed E-state index contributed by atoms with van der Waals surface area (Å²) in [4.78, 5) is 34.6. The van der Waals surface area contributed by atoms with Crippen LogP contribution in [0.5, 0.6) is 0 Å². The summed E-state index contributed by atoms with van der Waals surface area (Å²) < 4.78 is 4.94. The number of amides is 1. The van der Waals surface area contributed by atoms with E-state index in [0.717, 1.165) is 0 Å². The van der Waals surface area contributed by atoms with E-state index in [1.54, 1.807) is 6.92 Å². The van der Waals surface area contributed by atoms with Crippen LogP contribution in [0, 0.1) is 0 Å². The minimum atomic E-state index is -1.29. The molecule has 1 rings (SSSR count). The molecule has 0 aromatic heterocycles. The molecule has 0 unspecified atom stereocenters. The van der Waals surface area contributed by atoms with Crippen LogP contribution < -0.4 is 5.32 Å². The highest BCUT2D eigenvalue weighted by Gasteiger charge is 2.22. The summed E-state index contributed by atoms with van der Waals surface area (Å²) in [6.45, 7) is 3.70. The number of benzene rings is 1. The Labute approximate surface area is 116 Å². The molecule has 20 heavy (non-hydrogen) atoms. The Hall–Kier alpha value is -2.37. The molecule has 0 aliphatic heterocycles. The normalized spacial score (nSPS) is 9.90. The van der Waals surface area contributed by atoms with Gasteiger partial charge in [-0.3, -0.25) is 4.79 Å². The van der Waals surface area contributed by atoms with Crippen molar-refractivity contribution in [3.8, 4) is 0 Å². The molecule has 0 atom stereocenters. The number of esters is 1. The van der Waals surface area contributed by atoms with E-state index in [2.05, 4.69) is 5.32 Å². The SMILES string of the molecule is CCCOC(=O)c1cccc(NC(=O)CC)c1C(=O)O. The Morgan fingerprint density at radius 3 is 2.50 bits per heavy atom. The molecule has 0 heterocycles. The second-order valence-corrected chi connectivity index (χ2v) is 4.07. The zero-order chi connectivity index (χ0) is 15.1. The van der Waals surface area contributed by atoms with Gasteiger partial charge >= 0.3 is 11.9 Å². The topological polar surface area (TPSA) is 92.7 Å². The molecule has 0 saturated heterocycles. The van der Waals surface area contributed by atoms with E-state index in [4.69, 9.17) is 4.74 Å². The van der Waals surface area contributed by atoms with Gasteiger partial charge in [0.05, 0.1) is 23.4 Å². The Morgan fingerprint density at radius 2 is 1.95 bits per heavy atom. The maximum absolute atomic E-state index is 11.8. The fourth-order valence-electron chi connectivity index (χ4n) is 1.57. The lowest BCUT2D eigenvalue weighted by atomic mass is 10.1. The van der Waals surface area contributed by atoms with Crippen LogP contribution in [0.2, 0.25) is 0 Å². The van der Waals surface area contributed by atoms with E-state index < -0.39 is 11.9 Å². The van der Waals surface area contributed by atoms with Crippen LogP contribution in [0.3, 0.4) is 0 Å². The maximum Gasteiger partial charge on any atom is 0.339 e. The van der Waals surface area contributed by atoms with Crippen molar-refractivity contribution in [1.82, 2.24) is 0 Å². The Bertz CT molecular complexity index is 524. The fraction of sp³-hybridized carbons (Fsp3) is 0.357. The molecule has 6 heteroatoms. The van der Waals surface area contributed by atoms with E-state index in [9.17, 15) is 19.5 Å². The van der Waals surface area contributed by atoms with Crippen molar-refractivity contribution < 1.29 is 24.2 Å². The maximum atomic E-state index is 11.8. The summed E-state index contributed by atoms with van der Waals surface area (Å²) in [5.74, 6) is -2.33. The highest BCUT2D eigenvalue weighted by molar-refractivity contribution is 6.08. The molecule has 0 aliphatic carbocycles. The Kier molecular flexibility index (Phi) is 5.71. The van der Waals surface area contributed by atoms with Gasteiger partial charge in [0.1, 0.15) is 0 Å². The number of carboxylic acids is 1. The molecule has 2 N–H and O–H groups in total. The summed E-state index contributed by atoms with van der Waals surface area (Å²) in [5.41, 5.74) is -0.231. The zero-order valence-electron chi connectivity index (χ0n) is 11.4. The third kappa shape index (κ3) is 3.81. The van der Waals surface area contributed by atoms with Gasteiger partial charge in [-0.1, -0.05) is 19.9 Å². The minimum Gasteiger partial charge on any atom is -0.478 e. The molecule has 1 amide bonds. The van der Waals surface area contributed by atoms with E-state index in [-0.39, 0.29) is 35.7 Å². The molecule has 1 aromatic rings. The molecule has 0 saturated carbocycles. The summed E-state index contributed by atoms with van der Waals surface area (Å²) in [6.07, 6.45) is 0.851. The summed E-state index contributed by atoms with van der Waals surface area (Å²) in [6, 6.07) is 4.30. The van der Waals surface area contributed by atoms with Gasteiger partial charge in [0.25, 0.3) is 0 Å². The number of hydrogen-bond donors (Lipinski definition) is 2. The lowest BCUT2D eigenvalue weighted by Crippen LogP contribution is -2.17. The summed E-state index contributed by atoms with van der Waals surface area (Å²) in [5, 5.41) is 11.7. The monoisotopic (exact) mass is 279 g/mol. The fourth-order valence-corrected chi connectivity index (χ4v) is 1.57. The number of nitrogens with one attached hydrogen (secondary N) is 1. The second kappa shape index (κ2) is 7.28. The molecule has 0 spiro atoms. The largest absolute Gasteiger partial charge is 0.478 e. The van der Waals surface area contributed by atoms with Crippen LogP contribution in [-0.4, -0.2) is 29.6 Å². The average Bonchev–Trinajstić information content (AvgIpc) is 2.43. The molecule has 0 radical (unpaired) electrons. The first-order valence-electron chi connectivity index (χ1n) is 6.34. The summed E-state index contributed by atoms with van der Waals surface area (Å²) >= 11 is 0. The van der Waals surface area contributed by atoms with Crippen molar-refractivity contribution in [3.63, 3.8) is 0 Å². The van der Waals surface area contributed by atoms with Crippen molar-refractivity contribution in [3.05, 3.63) is 29.3 Å². The van der Waals surface area contributed by atoms with E-state index >= 15 is 0 Å². The lowest BCUT2D eigenvalue weighted by Gasteiger charge is -2.11. The number of hydrogen-bond acceptors (Lipinski definition) is 4. The van der Waals surface area contributed by atoms with E-state index in [1.807, 2.05) is 6.92 Å². The van der Waals surface area contributed by atoms with Crippen molar-refractivity contribution in [2.24, 2.45) is 0 Å². The van der Waals surface area contributed by atoms with Crippen molar-refractivity contribution in [2.75, 3.05) is 11.9 Å². The number of rotatable bonds is 6. The standard InChI is InChI=1S/C14H17NO5/c1-3-8-20-14(19)9-6-5-7-10(12(9)13(17)18)15-11(16)4-2/h5-7H,3-4,8H2,1-2H3,(H,15,16)(H,17,18). The molecule has 108 valence electrons. The van der Waals surface area contributed by atoms with Gasteiger partial charge in [0.2, 0.25) is 5.91 Å². The van der Waals surface area contributed by atoms with Crippen LogP contribution in [0.4, 0.5) is 5.69 Å². The predicted molar refractivity (Wildman–Crippen MR) is 72.9 cm³/mol. The quantitative estimate of drug-likeness (QED) is 0.779. The first-order chi connectivity index (χ1) is 9.51. The smallest absolute Gasteiger partial charge is 0.339 e. The third-order valence-corrected chi connectivity index (χ3v) is 2.53. The van der Waals surface area contributed by atoms with Gasteiger partial charge in [-0.05, 0) is 18.6 Å². The number of anilines is 1. The predicted octanol–water partition coefficient (Wildman–Crippen LogP) is 2.30. The van der Waals surface area contributed by atoms with Crippen molar-refractivity contribution >= 4 is 23.5 Å². The number of carbonyl (C=O) groups is 3. The highest BCUT2D eigenvalue weighted by Crippen LogP contribution is 2.21. The van der Waals surface area contributed by atoms with Gasteiger partial charge in [0.15, 0.2) is 0 Å². The molecular weight excluding hydrogens is 262 g/mol. The second-order valence-electron chi connectivity index (χ2n) is 4.07. The lowest BCUT2D eigenvalue weighted by molar-refractivity contribution is -0.115. The number of carbonyl (C=O) groups excluding carboxylic acids is 2. The van der Waals surface area contributed by atoms with Crippen LogP contribution in [0.25, 0.3) is 0 Å². The Morgan fingerprint density at radius 1 is 1.25 bits per heavy atom. The molecular formula is C14H17NO5. The van der Waals surface area contributed by atoms with Gasteiger partial charge < -0.3 is 15.2 Å².